The highest BCUT2D eigenvalue weighted by Crippen LogP contribution is 2.38. The lowest BCUT2D eigenvalue weighted by atomic mass is 9.85. The number of fused-ring (bicyclic) bond motifs is 1. The van der Waals surface area contributed by atoms with E-state index < -0.39 is 17.8 Å². The maximum atomic E-state index is 14.6. The fourth-order valence-corrected chi connectivity index (χ4v) is 5.55. The zero-order valence-electron chi connectivity index (χ0n) is 18.7. The Morgan fingerprint density at radius 2 is 1.85 bits per heavy atom. The van der Waals surface area contributed by atoms with Crippen molar-refractivity contribution >= 4 is 35.0 Å². The highest BCUT2D eigenvalue weighted by molar-refractivity contribution is 6.30. The Balaban J connectivity index is 1.31. The molecule has 0 radical (unpaired) electrons. The van der Waals surface area contributed by atoms with Crippen molar-refractivity contribution in [2.45, 2.75) is 50.7 Å². The van der Waals surface area contributed by atoms with E-state index in [1.807, 2.05) is 12.1 Å². The van der Waals surface area contributed by atoms with Crippen LogP contribution in [0.15, 0.2) is 30.3 Å². The van der Waals surface area contributed by atoms with Crippen LogP contribution in [0.3, 0.4) is 0 Å². The van der Waals surface area contributed by atoms with Gasteiger partial charge in [-0.2, -0.15) is 0 Å². The zero-order valence-corrected chi connectivity index (χ0v) is 19.4. The van der Waals surface area contributed by atoms with Gasteiger partial charge in [0.15, 0.2) is 0 Å². The Bertz CT molecular complexity index is 1180. The second kappa shape index (κ2) is 9.00. The molecule has 3 aliphatic rings. The van der Waals surface area contributed by atoms with Crippen LogP contribution >= 0.6 is 11.6 Å². The number of nitrogens with one attached hydrogen (secondary N) is 1. The van der Waals surface area contributed by atoms with Gasteiger partial charge in [-0.25, -0.2) is 4.39 Å². The van der Waals surface area contributed by atoms with Gasteiger partial charge in [0, 0.05) is 35.8 Å². The molecule has 0 spiro atoms. The fourth-order valence-electron chi connectivity index (χ4n) is 5.37. The number of hydrogen-bond acceptors (Lipinski definition) is 5. The third-order valence-electron chi connectivity index (χ3n) is 7.18. The molecule has 3 aliphatic heterocycles. The summed E-state index contributed by atoms with van der Waals surface area (Å²) in [5.41, 5.74) is 9.78. The lowest BCUT2D eigenvalue weighted by Gasteiger charge is -2.33. The van der Waals surface area contributed by atoms with Crippen LogP contribution in [0.5, 0.6) is 0 Å². The van der Waals surface area contributed by atoms with Crippen molar-refractivity contribution in [2.24, 2.45) is 0 Å². The largest absolute Gasteiger partial charge is 0.398 e. The quantitative estimate of drug-likeness (QED) is 0.513. The molecule has 0 bridgehead atoms. The summed E-state index contributed by atoms with van der Waals surface area (Å²) >= 11 is 6.00. The molecule has 178 valence electrons. The van der Waals surface area contributed by atoms with Crippen LogP contribution in [0, 0.1) is 5.82 Å². The predicted octanol–water partition coefficient (Wildman–Crippen LogP) is 3.20. The van der Waals surface area contributed by atoms with Gasteiger partial charge in [-0.15, -0.1) is 0 Å². The molecule has 2 aromatic carbocycles. The van der Waals surface area contributed by atoms with Gasteiger partial charge in [0.1, 0.15) is 11.9 Å². The number of anilines is 1. The van der Waals surface area contributed by atoms with Crippen LogP contribution < -0.4 is 11.1 Å². The molecule has 2 fully saturated rings. The first-order chi connectivity index (χ1) is 16.3. The van der Waals surface area contributed by atoms with E-state index in [1.54, 1.807) is 6.07 Å². The smallest absolute Gasteiger partial charge is 0.255 e. The van der Waals surface area contributed by atoms with Crippen molar-refractivity contribution in [3.05, 3.63) is 63.4 Å². The van der Waals surface area contributed by atoms with E-state index in [0.717, 1.165) is 49.2 Å². The van der Waals surface area contributed by atoms with Gasteiger partial charge in [0.2, 0.25) is 11.8 Å². The summed E-state index contributed by atoms with van der Waals surface area (Å²) in [6, 6.07) is 7.63. The van der Waals surface area contributed by atoms with Crippen LogP contribution in [-0.2, 0) is 22.7 Å². The molecule has 2 aromatic rings. The lowest BCUT2D eigenvalue weighted by molar-refractivity contribution is -0.136. The van der Waals surface area contributed by atoms with Crippen LogP contribution in [0.25, 0.3) is 0 Å². The number of likely N-dealkylation sites (tertiary alicyclic amines) is 1. The molecular weight excluding hydrogens is 459 g/mol. The van der Waals surface area contributed by atoms with Gasteiger partial charge in [-0.1, -0.05) is 17.7 Å². The number of carbonyl (C=O) groups excluding carboxylic acids is 3. The molecule has 3 heterocycles. The Hall–Kier alpha value is -2.97. The van der Waals surface area contributed by atoms with Crippen molar-refractivity contribution in [1.29, 1.82) is 0 Å². The fraction of sp³-hybridized carbons (Fsp3) is 0.400. The highest BCUT2D eigenvalue weighted by Gasteiger charge is 2.41. The number of halogens is 2. The highest BCUT2D eigenvalue weighted by atomic mass is 35.5. The lowest BCUT2D eigenvalue weighted by Crippen LogP contribution is -2.52. The second-order valence-corrected chi connectivity index (χ2v) is 9.75. The minimum atomic E-state index is -0.708. The van der Waals surface area contributed by atoms with E-state index in [9.17, 15) is 18.8 Å². The van der Waals surface area contributed by atoms with Crippen LogP contribution in [0.4, 0.5) is 10.1 Å². The van der Waals surface area contributed by atoms with Gasteiger partial charge in [0.25, 0.3) is 5.91 Å². The van der Waals surface area contributed by atoms with Gasteiger partial charge in [0.05, 0.1) is 0 Å². The molecule has 0 aromatic heterocycles. The van der Waals surface area contributed by atoms with E-state index in [4.69, 9.17) is 17.3 Å². The normalized spacial score (nSPS) is 21.6. The van der Waals surface area contributed by atoms with E-state index in [1.165, 1.54) is 17.0 Å². The van der Waals surface area contributed by atoms with Crippen LogP contribution in [0.1, 0.15) is 58.6 Å². The average molecular weight is 485 g/mol. The third-order valence-corrected chi connectivity index (χ3v) is 7.42. The molecule has 7 nitrogen and oxygen atoms in total. The number of imide groups is 1. The topological polar surface area (TPSA) is 95.7 Å². The number of nitrogens with zero attached hydrogens (tertiary/aromatic N) is 2. The van der Waals surface area contributed by atoms with Gasteiger partial charge >= 0.3 is 0 Å². The second-order valence-electron chi connectivity index (χ2n) is 9.31. The first-order valence-corrected chi connectivity index (χ1v) is 11.9. The number of nitrogen functional groups attached to an aromatic ring is 1. The molecule has 1 unspecified atom stereocenters. The average Bonchev–Trinajstić information content (AvgIpc) is 3.12. The molecule has 0 saturated carbocycles. The standard InChI is InChI=1S/C25H26ClFN4O3/c26-16-2-1-15(21(28)9-16)12-30-7-5-14(6-8-30)18-10-17(27)11-19-20(18)13-31(25(19)34)22-3-4-23(32)29-24(22)33/h1-2,9-11,14,22H,3-8,12-13,28H2,(H,29,32,33). The summed E-state index contributed by atoms with van der Waals surface area (Å²) in [5.74, 6) is -1.46. The Morgan fingerprint density at radius 1 is 1.09 bits per heavy atom. The molecule has 5 rings (SSSR count). The molecule has 3 amide bonds. The molecule has 0 aliphatic carbocycles. The number of rotatable bonds is 4. The number of carbonyl (C=O) groups is 3. The summed E-state index contributed by atoms with van der Waals surface area (Å²) in [5, 5.41) is 2.92. The first kappa shape index (κ1) is 22.8. The number of hydrogen-bond donors (Lipinski definition) is 2. The van der Waals surface area contributed by atoms with Crippen LogP contribution in [0.2, 0.25) is 5.02 Å². The van der Waals surface area contributed by atoms with E-state index in [2.05, 4.69) is 10.2 Å². The summed E-state index contributed by atoms with van der Waals surface area (Å²) in [7, 11) is 0. The molecular formula is C25H26ClFN4O3. The van der Waals surface area contributed by atoms with Gasteiger partial charge in [-0.05, 0) is 79.2 Å². The number of amides is 3. The maximum absolute atomic E-state index is 14.6. The summed E-state index contributed by atoms with van der Waals surface area (Å²) < 4.78 is 14.6. The van der Waals surface area contributed by atoms with Crippen molar-refractivity contribution in [2.75, 3.05) is 18.8 Å². The third kappa shape index (κ3) is 4.28. The van der Waals surface area contributed by atoms with E-state index in [0.29, 0.717) is 16.3 Å². The minimum Gasteiger partial charge on any atom is -0.398 e. The van der Waals surface area contributed by atoms with Crippen molar-refractivity contribution in [1.82, 2.24) is 15.1 Å². The van der Waals surface area contributed by atoms with E-state index >= 15 is 0 Å². The maximum Gasteiger partial charge on any atom is 0.255 e. The zero-order chi connectivity index (χ0) is 24.0. The number of nitrogens with two attached hydrogens (primary N) is 1. The number of piperidine rings is 2. The molecule has 1 atom stereocenters. The van der Waals surface area contributed by atoms with Crippen molar-refractivity contribution < 1.29 is 18.8 Å². The summed E-state index contributed by atoms with van der Waals surface area (Å²) in [4.78, 5) is 40.7. The molecule has 9 heteroatoms. The SMILES string of the molecule is Nc1cc(Cl)ccc1CN1CCC(c2cc(F)cc3c2CN(C2CCC(=O)NC2=O)C3=O)CC1. The Labute approximate surface area is 202 Å². The van der Waals surface area contributed by atoms with Crippen LogP contribution in [-0.4, -0.2) is 46.7 Å². The minimum absolute atomic E-state index is 0.123. The van der Waals surface area contributed by atoms with Gasteiger partial charge < -0.3 is 10.6 Å². The number of benzene rings is 2. The first-order valence-electron chi connectivity index (χ1n) is 11.5. The summed E-state index contributed by atoms with van der Waals surface area (Å²) in [6.07, 6.45) is 2.13. The Morgan fingerprint density at radius 3 is 2.56 bits per heavy atom. The predicted molar refractivity (Wildman–Crippen MR) is 126 cm³/mol. The van der Waals surface area contributed by atoms with Crippen molar-refractivity contribution in [3.63, 3.8) is 0 Å². The van der Waals surface area contributed by atoms with E-state index in [-0.39, 0.29) is 37.1 Å². The summed E-state index contributed by atoms with van der Waals surface area (Å²) in [6.45, 7) is 2.63. The molecule has 3 N–H and O–H groups in total. The molecule has 2 saturated heterocycles. The molecule has 34 heavy (non-hydrogen) atoms. The van der Waals surface area contributed by atoms with Crippen molar-refractivity contribution in [3.8, 4) is 0 Å². The monoisotopic (exact) mass is 484 g/mol. The Kier molecular flexibility index (Phi) is 6.04. The van der Waals surface area contributed by atoms with Gasteiger partial charge in [-0.3, -0.25) is 24.6 Å².